The first kappa shape index (κ1) is 24.1. The number of carbonyl (C=O) groups excluding carboxylic acids is 2. The molecule has 0 bridgehead atoms. The molecule has 34 heavy (non-hydrogen) atoms. The van der Waals surface area contributed by atoms with Gasteiger partial charge >= 0.3 is 0 Å². The van der Waals surface area contributed by atoms with Gasteiger partial charge in [0, 0.05) is 37.0 Å². The zero-order valence-corrected chi connectivity index (χ0v) is 20.4. The van der Waals surface area contributed by atoms with Crippen molar-refractivity contribution in [3.63, 3.8) is 0 Å². The lowest BCUT2D eigenvalue weighted by Gasteiger charge is -2.36. The molecule has 3 N–H and O–H groups in total. The predicted octanol–water partition coefficient (Wildman–Crippen LogP) is 1.58. The van der Waals surface area contributed by atoms with Gasteiger partial charge in [-0.3, -0.25) is 19.8 Å². The highest BCUT2D eigenvalue weighted by Gasteiger charge is 2.50. The lowest BCUT2D eigenvalue weighted by Crippen LogP contribution is -2.53. The normalized spacial score (nSPS) is 33.1. The summed E-state index contributed by atoms with van der Waals surface area (Å²) in [5.41, 5.74) is 0.154. The third kappa shape index (κ3) is 5.31. The highest BCUT2D eigenvalue weighted by atomic mass is 35.5. The molecule has 4 fully saturated rings. The summed E-state index contributed by atoms with van der Waals surface area (Å²) in [5, 5.41) is 9.78. The van der Waals surface area contributed by atoms with E-state index in [1.807, 2.05) is 0 Å². The van der Waals surface area contributed by atoms with Crippen LogP contribution in [-0.2, 0) is 14.3 Å². The van der Waals surface area contributed by atoms with Crippen LogP contribution in [0.25, 0.3) is 0 Å². The lowest BCUT2D eigenvalue weighted by molar-refractivity contribution is -0.124. The van der Waals surface area contributed by atoms with E-state index in [9.17, 15) is 14.0 Å². The minimum atomic E-state index is -0.585. The van der Waals surface area contributed by atoms with E-state index in [4.69, 9.17) is 21.1 Å². The maximum atomic E-state index is 13.5. The number of rotatable bonds is 7. The van der Waals surface area contributed by atoms with Crippen molar-refractivity contribution < 1.29 is 23.5 Å². The number of halogens is 2. The molecule has 0 spiro atoms. The van der Waals surface area contributed by atoms with Crippen molar-refractivity contribution in [1.29, 1.82) is 0 Å². The number of fused-ring (bicyclic) bond motifs is 1. The predicted molar refractivity (Wildman–Crippen MR) is 127 cm³/mol. The van der Waals surface area contributed by atoms with Crippen molar-refractivity contribution in [3.05, 3.63) is 29.0 Å². The van der Waals surface area contributed by atoms with Crippen LogP contribution in [0.2, 0.25) is 5.02 Å². The number of benzene rings is 1. The molecule has 11 heteroatoms. The van der Waals surface area contributed by atoms with Crippen LogP contribution in [0.15, 0.2) is 18.2 Å². The molecular weight excluding hydrogens is 483 g/mol. The van der Waals surface area contributed by atoms with Crippen molar-refractivity contribution in [3.8, 4) is 5.75 Å². The summed E-state index contributed by atoms with van der Waals surface area (Å²) < 4.78 is 24.4. The van der Waals surface area contributed by atoms with Crippen LogP contribution in [0.4, 0.5) is 4.39 Å². The maximum absolute atomic E-state index is 13.5. The molecule has 2 heterocycles. The minimum Gasteiger partial charge on any atom is -0.484 e. The maximum Gasteiger partial charge on any atom is 0.258 e. The summed E-state index contributed by atoms with van der Waals surface area (Å²) in [5.74, 6) is 0.973. The summed E-state index contributed by atoms with van der Waals surface area (Å²) in [6.07, 6.45) is 2.82. The topological polar surface area (TPSA) is 91.9 Å². The summed E-state index contributed by atoms with van der Waals surface area (Å²) in [4.78, 5) is 27.7. The number of hydrogen-bond acceptors (Lipinski definition) is 7. The molecule has 186 valence electrons. The third-order valence-electron chi connectivity index (χ3n) is 7.32. The monoisotopic (exact) mass is 512 g/mol. The van der Waals surface area contributed by atoms with Crippen molar-refractivity contribution in [2.24, 2.45) is 11.8 Å². The molecule has 2 saturated heterocycles. The van der Waals surface area contributed by atoms with Crippen LogP contribution < -0.4 is 20.7 Å². The van der Waals surface area contributed by atoms with E-state index < -0.39 is 5.82 Å². The molecule has 8 nitrogen and oxygen atoms in total. The van der Waals surface area contributed by atoms with Crippen LogP contribution in [0, 0.1) is 17.7 Å². The molecular formula is C23H30ClFN4O4S. The second kappa shape index (κ2) is 10.6. The first-order valence-corrected chi connectivity index (χ1v) is 13.3. The number of morpholine rings is 1. The van der Waals surface area contributed by atoms with E-state index >= 15 is 0 Å². The van der Waals surface area contributed by atoms with Gasteiger partial charge < -0.3 is 20.1 Å². The van der Waals surface area contributed by atoms with E-state index in [1.54, 1.807) is 11.8 Å². The van der Waals surface area contributed by atoms with E-state index in [-0.39, 0.29) is 52.8 Å². The summed E-state index contributed by atoms with van der Waals surface area (Å²) >= 11 is 7.44. The van der Waals surface area contributed by atoms with Gasteiger partial charge in [-0.15, -0.1) is 11.8 Å². The summed E-state index contributed by atoms with van der Waals surface area (Å²) in [6, 6.07) is 3.96. The fourth-order valence-corrected chi connectivity index (χ4v) is 6.80. The van der Waals surface area contributed by atoms with Crippen molar-refractivity contribution in [2.75, 3.05) is 38.7 Å². The standard InChI is InChI=1S/C23H30ClFN4O4S/c24-16-4-1-13(9-17(16)25)33-11-21(30)26-18-10-19(15-3-2-14(15)18)27-22(31)20-12-34-23(28-20)29-5-7-32-8-6-29/h1,4,9,14-15,18-20,23,28H,2-3,5-8,10-12H2,(H,26,30)(H,27,31)/t14?,15?,18?,19-,20?,23?/m0/s1. The highest BCUT2D eigenvalue weighted by molar-refractivity contribution is 8.00. The Hall–Kier alpha value is -1.59. The number of nitrogens with one attached hydrogen (secondary N) is 3. The average molecular weight is 513 g/mol. The number of carbonyl (C=O) groups is 2. The number of nitrogens with zero attached hydrogens (tertiary/aromatic N) is 1. The zero-order valence-electron chi connectivity index (χ0n) is 18.8. The third-order valence-corrected chi connectivity index (χ3v) is 8.90. The Morgan fingerprint density at radius 3 is 2.65 bits per heavy atom. The molecule has 1 aromatic rings. The van der Waals surface area contributed by atoms with Crippen LogP contribution in [0.1, 0.15) is 19.3 Å². The van der Waals surface area contributed by atoms with E-state index in [0.29, 0.717) is 11.8 Å². The van der Waals surface area contributed by atoms with Gasteiger partial charge in [0.05, 0.1) is 24.3 Å². The number of hydrogen-bond donors (Lipinski definition) is 3. The molecule has 2 aliphatic carbocycles. The Labute approximate surface area is 207 Å². The largest absolute Gasteiger partial charge is 0.484 e. The van der Waals surface area contributed by atoms with Gasteiger partial charge in [-0.05, 0) is 43.2 Å². The average Bonchev–Trinajstić information content (AvgIpc) is 3.38. The van der Waals surface area contributed by atoms with Crippen LogP contribution in [-0.4, -0.2) is 79.0 Å². The molecule has 0 radical (unpaired) electrons. The fraction of sp³-hybridized carbons (Fsp3) is 0.652. The van der Waals surface area contributed by atoms with Crippen LogP contribution in [0.3, 0.4) is 0 Å². The highest BCUT2D eigenvalue weighted by Crippen LogP contribution is 2.47. The molecule has 2 aliphatic heterocycles. The molecule has 4 aliphatic rings. The molecule has 2 saturated carbocycles. The number of ether oxygens (including phenoxy) is 2. The Morgan fingerprint density at radius 1 is 1.21 bits per heavy atom. The second-order valence-corrected chi connectivity index (χ2v) is 10.9. The smallest absolute Gasteiger partial charge is 0.258 e. The first-order valence-electron chi connectivity index (χ1n) is 11.8. The molecule has 5 rings (SSSR count). The van der Waals surface area contributed by atoms with E-state index in [2.05, 4.69) is 20.9 Å². The van der Waals surface area contributed by atoms with Crippen molar-refractivity contribution in [1.82, 2.24) is 20.9 Å². The SMILES string of the molecule is O=C(COc1ccc(Cl)c(F)c1)NC1C[C@H](NC(=O)C2CSC(N3CCOCC3)N2)C2CCC12. The van der Waals surface area contributed by atoms with Gasteiger partial charge in [-0.2, -0.15) is 0 Å². The quantitative estimate of drug-likeness (QED) is 0.511. The van der Waals surface area contributed by atoms with E-state index in [1.165, 1.54) is 12.1 Å². The van der Waals surface area contributed by atoms with Gasteiger partial charge in [0.15, 0.2) is 6.61 Å². The molecule has 6 atom stereocenters. The van der Waals surface area contributed by atoms with E-state index in [0.717, 1.165) is 57.4 Å². The molecule has 0 aromatic heterocycles. The number of amides is 2. The van der Waals surface area contributed by atoms with Gasteiger partial charge in [-0.25, -0.2) is 4.39 Å². The first-order chi connectivity index (χ1) is 16.5. The van der Waals surface area contributed by atoms with Crippen LogP contribution in [0.5, 0.6) is 5.75 Å². The lowest BCUT2D eigenvalue weighted by atomic mass is 9.73. The Bertz CT molecular complexity index is 921. The Balaban J connectivity index is 1.08. The molecule has 2 amide bonds. The minimum absolute atomic E-state index is 0.00844. The van der Waals surface area contributed by atoms with Crippen molar-refractivity contribution in [2.45, 2.75) is 42.9 Å². The van der Waals surface area contributed by atoms with Gasteiger partial charge in [-0.1, -0.05) is 11.6 Å². The Morgan fingerprint density at radius 2 is 1.94 bits per heavy atom. The van der Waals surface area contributed by atoms with Gasteiger partial charge in [0.1, 0.15) is 17.1 Å². The zero-order chi connectivity index (χ0) is 23.7. The summed E-state index contributed by atoms with van der Waals surface area (Å²) in [6.45, 7) is 3.02. The number of thioether (sulfide) groups is 1. The summed E-state index contributed by atoms with van der Waals surface area (Å²) in [7, 11) is 0. The van der Waals surface area contributed by atoms with Gasteiger partial charge in [0.25, 0.3) is 5.91 Å². The van der Waals surface area contributed by atoms with Crippen LogP contribution >= 0.6 is 23.4 Å². The Kier molecular flexibility index (Phi) is 7.50. The molecule has 1 aromatic carbocycles. The second-order valence-electron chi connectivity index (χ2n) is 9.35. The van der Waals surface area contributed by atoms with Crippen molar-refractivity contribution >= 4 is 35.2 Å². The van der Waals surface area contributed by atoms with Gasteiger partial charge in [0.2, 0.25) is 5.91 Å². The fourth-order valence-electron chi connectivity index (χ4n) is 5.38. The molecule has 5 unspecified atom stereocenters.